The van der Waals surface area contributed by atoms with Crippen LogP contribution in [0.2, 0.25) is 0 Å². The molecule has 3 aromatic rings. The third-order valence-corrected chi connectivity index (χ3v) is 4.86. The molecular weight excluding hydrogens is 457 g/mol. The van der Waals surface area contributed by atoms with Crippen LogP contribution in [0.5, 0.6) is 0 Å². The summed E-state index contributed by atoms with van der Waals surface area (Å²) in [5, 5.41) is 7.80. The number of hydrogen-bond donors (Lipinski definition) is 1. The highest BCUT2D eigenvalue weighted by molar-refractivity contribution is 14.0. The van der Waals surface area contributed by atoms with Crippen LogP contribution in [0, 0.1) is 6.92 Å². The first-order chi connectivity index (χ1) is 12.2. The molecule has 0 radical (unpaired) electrons. The summed E-state index contributed by atoms with van der Waals surface area (Å²) in [4.78, 5) is 15.5. The molecule has 0 amide bonds. The van der Waals surface area contributed by atoms with Crippen molar-refractivity contribution in [1.82, 2.24) is 20.2 Å². The minimum Gasteiger partial charge on any atom is -0.356 e. The fourth-order valence-electron chi connectivity index (χ4n) is 2.86. The van der Waals surface area contributed by atoms with Crippen LogP contribution in [-0.2, 0) is 13.0 Å². The van der Waals surface area contributed by atoms with Crippen molar-refractivity contribution in [2.75, 3.05) is 20.6 Å². The van der Waals surface area contributed by atoms with Gasteiger partial charge in [0.05, 0.1) is 22.8 Å². The van der Waals surface area contributed by atoms with Gasteiger partial charge in [-0.2, -0.15) is 0 Å². The van der Waals surface area contributed by atoms with Gasteiger partial charge in [-0.1, -0.05) is 24.3 Å². The quantitative estimate of drug-likeness (QED) is 0.342. The second-order valence-electron chi connectivity index (χ2n) is 5.93. The number of aliphatic imine (C=N–C) groups is 1. The lowest BCUT2D eigenvalue weighted by molar-refractivity contribution is 0.471. The van der Waals surface area contributed by atoms with Crippen molar-refractivity contribution in [3.63, 3.8) is 0 Å². The zero-order valence-electron chi connectivity index (χ0n) is 15.3. The second-order valence-corrected chi connectivity index (χ2v) is 6.99. The number of nitrogens with one attached hydrogen (secondary N) is 1. The summed E-state index contributed by atoms with van der Waals surface area (Å²) < 4.78 is 0. The van der Waals surface area contributed by atoms with Gasteiger partial charge in [-0.25, -0.2) is 4.98 Å². The highest BCUT2D eigenvalue weighted by Crippen LogP contribution is 2.16. The Morgan fingerprint density at radius 1 is 1.27 bits per heavy atom. The van der Waals surface area contributed by atoms with Crippen molar-refractivity contribution in [1.29, 1.82) is 0 Å². The minimum atomic E-state index is 0. The van der Waals surface area contributed by atoms with E-state index in [4.69, 9.17) is 0 Å². The van der Waals surface area contributed by atoms with Gasteiger partial charge in [0.1, 0.15) is 0 Å². The van der Waals surface area contributed by atoms with Gasteiger partial charge in [0, 0.05) is 37.6 Å². The van der Waals surface area contributed by atoms with Gasteiger partial charge in [-0.15, -0.1) is 35.3 Å². The van der Waals surface area contributed by atoms with Gasteiger partial charge < -0.3 is 10.2 Å². The van der Waals surface area contributed by atoms with Crippen molar-refractivity contribution in [3.05, 3.63) is 58.2 Å². The van der Waals surface area contributed by atoms with E-state index in [0.717, 1.165) is 41.7 Å². The Balaban J connectivity index is 0.00000243. The van der Waals surface area contributed by atoms with Crippen LogP contribution in [0.4, 0.5) is 0 Å². The summed E-state index contributed by atoms with van der Waals surface area (Å²) in [5.74, 6) is 0.874. The average molecular weight is 481 g/mol. The van der Waals surface area contributed by atoms with E-state index in [1.54, 1.807) is 11.3 Å². The van der Waals surface area contributed by atoms with Crippen molar-refractivity contribution in [2.45, 2.75) is 19.9 Å². The topological polar surface area (TPSA) is 53.4 Å². The third kappa shape index (κ3) is 5.14. The molecule has 0 unspecified atom stereocenters. The van der Waals surface area contributed by atoms with E-state index >= 15 is 0 Å². The van der Waals surface area contributed by atoms with E-state index in [9.17, 15) is 0 Å². The lowest BCUT2D eigenvalue weighted by atomic mass is 10.1. The number of nitrogens with zero attached hydrogens (tertiary/aromatic N) is 4. The predicted molar refractivity (Wildman–Crippen MR) is 121 cm³/mol. The zero-order valence-corrected chi connectivity index (χ0v) is 18.4. The van der Waals surface area contributed by atoms with Gasteiger partial charge in [-0.05, 0) is 25.0 Å². The molecule has 2 heterocycles. The van der Waals surface area contributed by atoms with E-state index in [1.165, 1.54) is 10.9 Å². The predicted octanol–water partition coefficient (Wildman–Crippen LogP) is 3.87. The first-order valence-corrected chi connectivity index (χ1v) is 9.21. The number of guanidine groups is 1. The number of rotatable bonds is 5. The molecule has 0 aliphatic rings. The normalized spacial score (nSPS) is 11.3. The summed E-state index contributed by atoms with van der Waals surface area (Å²) >= 11 is 1.68. The fraction of sp³-hybridized carbons (Fsp3) is 0.316. The Kier molecular flexibility index (Phi) is 7.77. The van der Waals surface area contributed by atoms with Crippen LogP contribution in [0.15, 0.2) is 46.9 Å². The first kappa shape index (κ1) is 20.6. The van der Waals surface area contributed by atoms with Crippen LogP contribution >= 0.6 is 35.3 Å². The molecule has 1 N–H and O–H groups in total. The molecule has 2 aromatic heterocycles. The van der Waals surface area contributed by atoms with Crippen LogP contribution in [0.25, 0.3) is 10.9 Å². The molecule has 7 heteroatoms. The number of aromatic nitrogens is 2. The molecule has 0 atom stereocenters. The van der Waals surface area contributed by atoms with Crippen molar-refractivity contribution in [2.24, 2.45) is 4.99 Å². The monoisotopic (exact) mass is 481 g/mol. The Bertz CT molecular complexity index is 872. The van der Waals surface area contributed by atoms with Gasteiger partial charge in [0.2, 0.25) is 0 Å². The molecule has 1 aromatic carbocycles. The molecule has 0 fully saturated rings. The van der Waals surface area contributed by atoms with Gasteiger partial charge in [0.25, 0.3) is 0 Å². The highest BCUT2D eigenvalue weighted by Gasteiger charge is 2.09. The number of benzene rings is 1. The smallest absolute Gasteiger partial charge is 0.193 e. The molecule has 0 aliphatic carbocycles. The van der Waals surface area contributed by atoms with Crippen LogP contribution < -0.4 is 5.32 Å². The lowest BCUT2D eigenvalue weighted by Gasteiger charge is -2.21. The Hall–Kier alpha value is -1.74. The molecule has 3 rings (SSSR count). The zero-order chi connectivity index (χ0) is 17.6. The van der Waals surface area contributed by atoms with E-state index in [-0.39, 0.29) is 24.0 Å². The standard InChI is InChI=1S/C19H23N5S.HI/c1-14-23-17(13-25-14)12-24(3)19(20-2)22-11-9-16-7-4-6-15-8-5-10-21-18(15)16;/h4-8,10,13H,9,11-12H2,1-3H3,(H,20,22);1H. The average Bonchev–Trinajstić information content (AvgIpc) is 3.03. The molecule has 0 saturated heterocycles. The van der Waals surface area contributed by atoms with Gasteiger partial charge >= 0.3 is 0 Å². The highest BCUT2D eigenvalue weighted by atomic mass is 127. The Morgan fingerprint density at radius 2 is 2.08 bits per heavy atom. The van der Waals surface area contributed by atoms with E-state index < -0.39 is 0 Å². The number of pyridine rings is 1. The lowest BCUT2D eigenvalue weighted by Crippen LogP contribution is -2.39. The number of fused-ring (bicyclic) bond motifs is 1. The maximum Gasteiger partial charge on any atom is 0.193 e. The summed E-state index contributed by atoms with van der Waals surface area (Å²) in [6.45, 7) is 3.59. The Morgan fingerprint density at radius 3 is 2.81 bits per heavy atom. The molecule has 138 valence electrons. The molecule has 0 bridgehead atoms. The van der Waals surface area contributed by atoms with Crippen LogP contribution in [-0.4, -0.2) is 41.5 Å². The molecule has 0 spiro atoms. The van der Waals surface area contributed by atoms with E-state index in [1.807, 2.05) is 33.3 Å². The van der Waals surface area contributed by atoms with E-state index in [2.05, 4.69) is 54.8 Å². The fourth-order valence-corrected chi connectivity index (χ4v) is 3.47. The molecule has 0 saturated carbocycles. The first-order valence-electron chi connectivity index (χ1n) is 8.33. The van der Waals surface area contributed by atoms with Crippen LogP contribution in [0.1, 0.15) is 16.3 Å². The summed E-state index contributed by atoms with van der Waals surface area (Å²) in [5.41, 5.74) is 3.40. The van der Waals surface area contributed by atoms with Crippen molar-refractivity contribution >= 4 is 52.2 Å². The molecule has 26 heavy (non-hydrogen) atoms. The van der Waals surface area contributed by atoms with E-state index in [0.29, 0.717) is 0 Å². The molecule has 5 nitrogen and oxygen atoms in total. The molecule has 0 aliphatic heterocycles. The van der Waals surface area contributed by atoms with Crippen molar-refractivity contribution in [3.8, 4) is 0 Å². The minimum absolute atomic E-state index is 0. The van der Waals surface area contributed by atoms with Crippen molar-refractivity contribution < 1.29 is 0 Å². The number of aryl methyl sites for hydroxylation is 1. The number of halogens is 1. The SMILES string of the molecule is CN=C(NCCc1cccc2cccnc12)N(C)Cc1csc(C)n1.I. The Labute approximate surface area is 175 Å². The second kappa shape index (κ2) is 9.82. The van der Waals surface area contributed by atoms with Crippen LogP contribution in [0.3, 0.4) is 0 Å². The third-order valence-electron chi connectivity index (χ3n) is 4.03. The summed E-state index contributed by atoms with van der Waals surface area (Å²) in [7, 11) is 3.84. The largest absolute Gasteiger partial charge is 0.356 e. The summed E-state index contributed by atoms with van der Waals surface area (Å²) in [6.07, 6.45) is 2.75. The maximum atomic E-state index is 4.52. The van der Waals surface area contributed by atoms with Gasteiger partial charge in [-0.3, -0.25) is 9.98 Å². The number of thiazole rings is 1. The molecular formula is C19H24IN5S. The maximum absolute atomic E-state index is 4.52. The number of para-hydroxylation sites is 1. The summed E-state index contributed by atoms with van der Waals surface area (Å²) in [6, 6.07) is 10.4. The van der Waals surface area contributed by atoms with Gasteiger partial charge in [0.15, 0.2) is 5.96 Å². The number of hydrogen-bond acceptors (Lipinski definition) is 4.